The molecule has 2 heteroatoms. The van der Waals surface area contributed by atoms with Crippen LogP contribution in [0.1, 0.15) is 28.2 Å². The van der Waals surface area contributed by atoms with E-state index in [9.17, 15) is 5.11 Å². The third-order valence-electron chi connectivity index (χ3n) is 5.65. The highest BCUT2D eigenvalue weighted by Crippen LogP contribution is 2.52. The molecule has 5 rings (SSSR count). The van der Waals surface area contributed by atoms with Crippen molar-refractivity contribution >= 4 is 10.8 Å². The third kappa shape index (κ3) is 2.33. The summed E-state index contributed by atoms with van der Waals surface area (Å²) in [5, 5.41) is 12.3. The number of aryl methyl sites for hydroxylation is 1. The molecule has 4 aromatic rings. The lowest BCUT2D eigenvalue weighted by molar-refractivity contribution is 0.412. The van der Waals surface area contributed by atoms with Gasteiger partial charge >= 0.3 is 0 Å². The minimum Gasteiger partial charge on any atom is -0.508 e. The minimum absolute atomic E-state index is 0.145. The molecule has 0 saturated carbocycles. The first-order valence-electron chi connectivity index (χ1n) is 9.17. The molecule has 0 heterocycles. The highest BCUT2D eigenvalue weighted by molar-refractivity contribution is 5.97. The Morgan fingerprint density at radius 1 is 0.852 bits per heavy atom. The number of ether oxygens (including phenoxy) is 1. The lowest BCUT2D eigenvalue weighted by Crippen LogP contribution is -2.00. The zero-order valence-electron chi connectivity index (χ0n) is 15.4. The molecule has 0 spiro atoms. The number of hydrogen-bond acceptors (Lipinski definition) is 2. The largest absolute Gasteiger partial charge is 0.508 e. The van der Waals surface area contributed by atoms with Crippen molar-refractivity contribution in [3.63, 3.8) is 0 Å². The maximum Gasteiger partial charge on any atom is 0.122 e. The lowest BCUT2D eigenvalue weighted by atomic mass is 9.86. The van der Waals surface area contributed by atoms with Crippen LogP contribution in [-0.2, 0) is 0 Å². The highest BCUT2D eigenvalue weighted by Gasteiger charge is 2.32. The van der Waals surface area contributed by atoms with Crippen molar-refractivity contribution in [2.75, 3.05) is 7.11 Å². The van der Waals surface area contributed by atoms with Crippen molar-refractivity contribution < 1.29 is 9.84 Å². The van der Waals surface area contributed by atoms with Crippen LogP contribution in [-0.4, -0.2) is 12.2 Å². The second kappa shape index (κ2) is 5.88. The number of phenols is 1. The molecule has 0 amide bonds. The first-order valence-corrected chi connectivity index (χ1v) is 9.17. The van der Waals surface area contributed by atoms with Crippen molar-refractivity contribution in [1.82, 2.24) is 0 Å². The molecule has 1 unspecified atom stereocenters. The summed E-state index contributed by atoms with van der Waals surface area (Å²) in [7, 11) is 1.72. The maximum absolute atomic E-state index is 9.76. The summed E-state index contributed by atoms with van der Waals surface area (Å²) >= 11 is 0. The van der Waals surface area contributed by atoms with Gasteiger partial charge in [-0.3, -0.25) is 0 Å². The number of aromatic hydroxyl groups is 1. The predicted octanol–water partition coefficient (Wildman–Crippen LogP) is 6.02. The van der Waals surface area contributed by atoms with Crippen molar-refractivity contribution in [3.8, 4) is 22.6 Å². The Morgan fingerprint density at radius 3 is 2.41 bits per heavy atom. The first-order chi connectivity index (χ1) is 13.2. The van der Waals surface area contributed by atoms with Gasteiger partial charge in [-0.2, -0.15) is 0 Å². The van der Waals surface area contributed by atoms with E-state index < -0.39 is 0 Å². The number of benzene rings is 4. The van der Waals surface area contributed by atoms with Crippen molar-refractivity contribution in [2.24, 2.45) is 0 Å². The van der Waals surface area contributed by atoms with E-state index in [0.717, 1.165) is 11.3 Å². The van der Waals surface area contributed by atoms with Crippen molar-refractivity contribution in [2.45, 2.75) is 12.8 Å². The third-order valence-corrected chi connectivity index (χ3v) is 5.65. The van der Waals surface area contributed by atoms with Gasteiger partial charge in [0.15, 0.2) is 0 Å². The van der Waals surface area contributed by atoms with Gasteiger partial charge in [-0.05, 0) is 69.3 Å². The summed E-state index contributed by atoms with van der Waals surface area (Å²) in [6.07, 6.45) is 0. The predicted molar refractivity (Wildman–Crippen MR) is 110 cm³/mol. The quantitative estimate of drug-likeness (QED) is 0.421. The fourth-order valence-corrected chi connectivity index (χ4v) is 4.41. The number of rotatable bonds is 2. The molecule has 1 atom stereocenters. The van der Waals surface area contributed by atoms with E-state index in [4.69, 9.17) is 4.74 Å². The Labute approximate surface area is 158 Å². The van der Waals surface area contributed by atoms with Crippen LogP contribution in [0.4, 0.5) is 0 Å². The van der Waals surface area contributed by atoms with Crippen LogP contribution in [0.5, 0.6) is 11.5 Å². The molecule has 1 aliphatic rings. The zero-order chi connectivity index (χ0) is 18.5. The van der Waals surface area contributed by atoms with Gasteiger partial charge in [0.05, 0.1) is 7.11 Å². The van der Waals surface area contributed by atoms with Crippen LogP contribution >= 0.6 is 0 Å². The molecular formula is C25H20O2. The van der Waals surface area contributed by atoms with E-state index >= 15 is 0 Å². The maximum atomic E-state index is 9.76. The normalized spacial score (nSPS) is 14.8. The Bertz CT molecular complexity index is 1170. The molecule has 0 bridgehead atoms. The molecule has 27 heavy (non-hydrogen) atoms. The van der Waals surface area contributed by atoms with Gasteiger partial charge in [0.2, 0.25) is 0 Å². The molecule has 0 saturated heterocycles. The standard InChI is InChI=1S/C25H20O2/c1-15-13-22-21(14-23(15)27-2)20-12-9-16-5-3-4-6-19(16)25(20)24(22)17-7-10-18(26)11-8-17/h3-14,24,26H,1-2H3. The molecule has 2 nitrogen and oxygen atoms in total. The van der Waals surface area contributed by atoms with Crippen LogP contribution in [0.15, 0.2) is 72.8 Å². The van der Waals surface area contributed by atoms with Crippen LogP contribution in [0, 0.1) is 6.92 Å². The average molecular weight is 352 g/mol. The summed E-state index contributed by atoms with van der Waals surface area (Å²) in [6, 6.07) is 25.0. The van der Waals surface area contributed by atoms with Gasteiger partial charge < -0.3 is 9.84 Å². The Hall–Kier alpha value is -3.26. The Balaban J connectivity index is 1.87. The number of methoxy groups -OCH3 is 1. The Morgan fingerprint density at radius 2 is 1.63 bits per heavy atom. The van der Waals surface area contributed by atoms with E-state index in [2.05, 4.69) is 55.5 Å². The second-order valence-corrected chi connectivity index (χ2v) is 7.18. The lowest BCUT2D eigenvalue weighted by Gasteiger charge is -2.17. The molecule has 132 valence electrons. The highest BCUT2D eigenvalue weighted by atomic mass is 16.5. The molecule has 1 aliphatic carbocycles. The molecule has 4 aromatic carbocycles. The molecule has 0 aliphatic heterocycles. The van der Waals surface area contributed by atoms with E-state index in [1.807, 2.05) is 12.1 Å². The fraction of sp³-hybridized carbons (Fsp3) is 0.120. The van der Waals surface area contributed by atoms with Gasteiger partial charge in [0, 0.05) is 5.92 Å². The smallest absolute Gasteiger partial charge is 0.122 e. The van der Waals surface area contributed by atoms with E-state index in [1.54, 1.807) is 19.2 Å². The number of hydrogen-bond donors (Lipinski definition) is 1. The number of phenolic OH excluding ortho intramolecular Hbond substituents is 1. The molecule has 0 aromatic heterocycles. The van der Waals surface area contributed by atoms with Gasteiger partial charge in [-0.15, -0.1) is 0 Å². The van der Waals surface area contributed by atoms with E-state index in [0.29, 0.717) is 5.75 Å². The van der Waals surface area contributed by atoms with Crippen LogP contribution in [0.2, 0.25) is 0 Å². The summed E-state index contributed by atoms with van der Waals surface area (Å²) in [4.78, 5) is 0. The molecule has 0 radical (unpaired) electrons. The first kappa shape index (κ1) is 16.0. The average Bonchev–Trinajstić information content (AvgIpc) is 3.01. The SMILES string of the molecule is COc1cc2c(cc1C)C(c1ccc(O)cc1)c1c-2ccc2ccccc12. The van der Waals surface area contributed by atoms with Crippen molar-refractivity contribution in [3.05, 3.63) is 95.1 Å². The second-order valence-electron chi connectivity index (χ2n) is 7.18. The fourth-order valence-electron chi connectivity index (χ4n) is 4.41. The van der Waals surface area contributed by atoms with Crippen molar-refractivity contribution in [1.29, 1.82) is 0 Å². The summed E-state index contributed by atoms with van der Waals surface area (Å²) in [5.74, 6) is 1.35. The monoisotopic (exact) mass is 352 g/mol. The van der Waals surface area contributed by atoms with E-state index in [-0.39, 0.29) is 5.92 Å². The Kier molecular flexibility index (Phi) is 3.48. The van der Waals surface area contributed by atoms with Gasteiger partial charge in [0.1, 0.15) is 11.5 Å². The number of fused-ring (bicyclic) bond motifs is 5. The van der Waals surface area contributed by atoms with Crippen LogP contribution in [0.25, 0.3) is 21.9 Å². The van der Waals surface area contributed by atoms with Crippen LogP contribution < -0.4 is 4.74 Å². The summed E-state index contributed by atoms with van der Waals surface area (Å²) in [5.41, 5.74) is 7.45. The van der Waals surface area contributed by atoms with Gasteiger partial charge in [-0.1, -0.05) is 54.6 Å². The van der Waals surface area contributed by atoms with Crippen LogP contribution in [0.3, 0.4) is 0 Å². The summed E-state index contributed by atoms with van der Waals surface area (Å²) < 4.78 is 5.60. The zero-order valence-corrected chi connectivity index (χ0v) is 15.4. The van der Waals surface area contributed by atoms with Gasteiger partial charge in [-0.25, -0.2) is 0 Å². The summed E-state index contributed by atoms with van der Waals surface area (Å²) in [6.45, 7) is 2.09. The van der Waals surface area contributed by atoms with E-state index in [1.165, 1.54) is 38.6 Å². The molecular weight excluding hydrogens is 332 g/mol. The molecule has 0 fully saturated rings. The molecule has 1 N–H and O–H groups in total. The van der Waals surface area contributed by atoms with Gasteiger partial charge in [0.25, 0.3) is 0 Å². The minimum atomic E-state index is 0.145. The topological polar surface area (TPSA) is 29.5 Å².